The number of carbonyl (C=O) groups excluding carboxylic acids is 1. The fourth-order valence-corrected chi connectivity index (χ4v) is 2.27. The molecule has 1 amide bonds. The van der Waals surface area contributed by atoms with Gasteiger partial charge >= 0.3 is 5.69 Å². The number of nitrogens with zero attached hydrogens (tertiary/aromatic N) is 4. The monoisotopic (exact) mass is 294 g/mol. The molecule has 1 aromatic rings. The third-order valence-electron chi connectivity index (χ3n) is 3.35. The molecule has 2 heterocycles. The van der Waals surface area contributed by atoms with Crippen molar-refractivity contribution in [1.29, 1.82) is 0 Å². The minimum Gasteiger partial charge on any atom is -0.378 e. The first-order chi connectivity index (χ1) is 9.91. The molecule has 9 nitrogen and oxygen atoms in total. The summed E-state index contributed by atoms with van der Waals surface area (Å²) in [6.45, 7) is 1.78. The van der Waals surface area contributed by atoms with Crippen LogP contribution in [0.2, 0.25) is 0 Å². The molecule has 114 valence electrons. The number of pyridine rings is 1. The Balaban J connectivity index is 2.31. The Bertz CT molecular complexity index is 562. The number of nitrogen functional groups attached to an aromatic ring is 1. The average Bonchev–Trinajstić information content (AvgIpc) is 2.45. The Hall–Kier alpha value is -2.42. The maximum Gasteiger partial charge on any atom is 0.311 e. The van der Waals surface area contributed by atoms with E-state index in [1.807, 2.05) is 4.90 Å². The lowest BCUT2D eigenvalue weighted by Crippen LogP contribution is -2.58. The largest absolute Gasteiger partial charge is 0.378 e. The Morgan fingerprint density at radius 3 is 2.86 bits per heavy atom. The highest BCUT2D eigenvalue weighted by molar-refractivity contribution is 5.85. The fraction of sp³-hybridized carbons (Fsp3) is 0.500. The number of likely N-dealkylation sites (N-methyl/N-ethyl adjacent to an activating group) is 1. The van der Waals surface area contributed by atoms with Crippen molar-refractivity contribution in [2.24, 2.45) is 0 Å². The number of amides is 1. The normalized spacial score (nSPS) is 18.4. The van der Waals surface area contributed by atoms with Crippen molar-refractivity contribution in [1.82, 2.24) is 15.2 Å². The van der Waals surface area contributed by atoms with E-state index < -0.39 is 11.0 Å². The number of aromatic nitrogens is 1. The molecule has 1 unspecified atom stereocenters. The van der Waals surface area contributed by atoms with Gasteiger partial charge in [0, 0.05) is 39.8 Å². The van der Waals surface area contributed by atoms with Crippen LogP contribution in [0.15, 0.2) is 12.1 Å². The summed E-state index contributed by atoms with van der Waals surface area (Å²) < 4.78 is 0. The summed E-state index contributed by atoms with van der Waals surface area (Å²) in [5.41, 5.74) is 5.39. The van der Waals surface area contributed by atoms with Gasteiger partial charge < -0.3 is 20.9 Å². The van der Waals surface area contributed by atoms with Gasteiger partial charge in [-0.05, 0) is 6.07 Å². The summed E-state index contributed by atoms with van der Waals surface area (Å²) in [5, 5.41) is 13.9. The van der Waals surface area contributed by atoms with E-state index in [-0.39, 0.29) is 17.4 Å². The molecule has 0 aliphatic carbocycles. The Morgan fingerprint density at radius 1 is 1.57 bits per heavy atom. The first kappa shape index (κ1) is 15.0. The molecular weight excluding hydrogens is 276 g/mol. The van der Waals surface area contributed by atoms with Gasteiger partial charge in [-0.25, -0.2) is 4.98 Å². The second-order valence-corrected chi connectivity index (χ2v) is 4.98. The maximum absolute atomic E-state index is 12.2. The van der Waals surface area contributed by atoms with Gasteiger partial charge in [0.05, 0.1) is 4.92 Å². The van der Waals surface area contributed by atoms with E-state index in [2.05, 4.69) is 10.3 Å². The molecule has 1 aromatic heterocycles. The zero-order valence-electron chi connectivity index (χ0n) is 11.9. The minimum absolute atomic E-state index is 0.0547. The Kier molecular flexibility index (Phi) is 4.22. The van der Waals surface area contributed by atoms with Gasteiger partial charge in [0.2, 0.25) is 11.7 Å². The zero-order valence-corrected chi connectivity index (χ0v) is 11.9. The van der Waals surface area contributed by atoms with Crippen molar-refractivity contribution < 1.29 is 9.72 Å². The molecule has 1 saturated heterocycles. The number of piperazine rings is 1. The van der Waals surface area contributed by atoms with Crippen molar-refractivity contribution in [3.63, 3.8) is 0 Å². The van der Waals surface area contributed by atoms with E-state index in [1.54, 1.807) is 14.1 Å². The summed E-state index contributed by atoms with van der Waals surface area (Å²) in [4.78, 5) is 29.8. The first-order valence-electron chi connectivity index (χ1n) is 6.51. The summed E-state index contributed by atoms with van der Waals surface area (Å²) in [7, 11) is 3.37. The number of carbonyl (C=O) groups is 1. The van der Waals surface area contributed by atoms with E-state index in [0.29, 0.717) is 25.5 Å². The summed E-state index contributed by atoms with van der Waals surface area (Å²) >= 11 is 0. The van der Waals surface area contributed by atoms with Crippen LogP contribution in [0.5, 0.6) is 0 Å². The lowest BCUT2D eigenvalue weighted by molar-refractivity contribution is -0.384. The van der Waals surface area contributed by atoms with Gasteiger partial charge in [0.25, 0.3) is 0 Å². The molecule has 0 saturated carbocycles. The summed E-state index contributed by atoms with van der Waals surface area (Å²) in [6.07, 6.45) is 0. The molecule has 0 radical (unpaired) electrons. The van der Waals surface area contributed by atoms with Crippen LogP contribution >= 0.6 is 0 Å². The highest BCUT2D eigenvalue weighted by Crippen LogP contribution is 2.24. The van der Waals surface area contributed by atoms with E-state index in [1.165, 1.54) is 17.0 Å². The standard InChI is InChI=1S/C12H18N6O3/c1-16(2)12(19)9-7-14-5-6-17(9)10-4-3-8(18(20)21)11(13)15-10/h3-4,9,14H,5-7H2,1-2H3,(H2,13,15). The first-order valence-corrected chi connectivity index (χ1v) is 6.51. The predicted molar refractivity (Wildman–Crippen MR) is 78.0 cm³/mol. The number of nitrogens with two attached hydrogens (primary N) is 1. The molecule has 0 bridgehead atoms. The molecule has 0 aromatic carbocycles. The fourth-order valence-electron chi connectivity index (χ4n) is 2.27. The number of rotatable bonds is 3. The predicted octanol–water partition coefficient (Wildman–Crippen LogP) is -0.562. The number of anilines is 2. The molecule has 1 aliphatic rings. The second kappa shape index (κ2) is 5.92. The molecule has 2 rings (SSSR count). The van der Waals surface area contributed by atoms with E-state index in [0.717, 1.165) is 0 Å². The van der Waals surface area contributed by atoms with E-state index in [9.17, 15) is 14.9 Å². The van der Waals surface area contributed by atoms with Crippen molar-refractivity contribution in [2.45, 2.75) is 6.04 Å². The summed E-state index contributed by atoms with van der Waals surface area (Å²) in [6, 6.07) is 2.44. The number of nitro groups is 1. The average molecular weight is 294 g/mol. The molecule has 0 spiro atoms. The van der Waals surface area contributed by atoms with E-state index >= 15 is 0 Å². The number of nitrogens with one attached hydrogen (secondary N) is 1. The lowest BCUT2D eigenvalue weighted by atomic mass is 10.1. The van der Waals surface area contributed by atoms with Crippen molar-refractivity contribution in [3.8, 4) is 0 Å². The molecular formula is C12H18N6O3. The highest BCUT2D eigenvalue weighted by Gasteiger charge is 2.31. The van der Waals surface area contributed by atoms with Crippen LogP contribution in [-0.4, -0.2) is 60.5 Å². The van der Waals surface area contributed by atoms with Crippen LogP contribution in [0.4, 0.5) is 17.3 Å². The number of hydrogen-bond donors (Lipinski definition) is 2. The van der Waals surface area contributed by atoms with Crippen molar-refractivity contribution >= 4 is 23.2 Å². The third-order valence-corrected chi connectivity index (χ3v) is 3.35. The molecule has 9 heteroatoms. The van der Waals surface area contributed by atoms with Gasteiger partial charge in [0.15, 0.2) is 0 Å². The van der Waals surface area contributed by atoms with Crippen LogP contribution in [0, 0.1) is 10.1 Å². The summed E-state index contributed by atoms with van der Waals surface area (Å²) in [5.74, 6) is 0.271. The SMILES string of the molecule is CN(C)C(=O)C1CNCCN1c1ccc([N+](=O)[O-])c(N)n1. The molecule has 3 N–H and O–H groups in total. The molecule has 1 aliphatic heterocycles. The molecule has 1 atom stereocenters. The van der Waals surface area contributed by atoms with Gasteiger partial charge in [-0.3, -0.25) is 14.9 Å². The third kappa shape index (κ3) is 3.02. The van der Waals surface area contributed by atoms with Crippen molar-refractivity contribution in [2.75, 3.05) is 44.4 Å². The lowest BCUT2D eigenvalue weighted by Gasteiger charge is -2.37. The number of hydrogen-bond acceptors (Lipinski definition) is 7. The van der Waals surface area contributed by atoms with Gasteiger partial charge in [-0.15, -0.1) is 0 Å². The Morgan fingerprint density at radius 2 is 2.29 bits per heavy atom. The molecule has 21 heavy (non-hydrogen) atoms. The van der Waals surface area contributed by atoms with Crippen LogP contribution < -0.4 is 16.0 Å². The van der Waals surface area contributed by atoms with Crippen LogP contribution in [0.1, 0.15) is 0 Å². The topological polar surface area (TPSA) is 118 Å². The smallest absolute Gasteiger partial charge is 0.311 e. The van der Waals surface area contributed by atoms with E-state index in [4.69, 9.17) is 5.73 Å². The second-order valence-electron chi connectivity index (χ2n) is 4.98. The quantitative estimate of drug-likeness (QED) is 0.566. The Labute approximate surface area is 121 Å². The van der Waals surface area contributed by atoms with Gasteiger partial charge in [-0.1, -0.05) is 0 Å². The minimum atomic E-state index is -0.577. The van der Waals surface area contributed by atoms with Crippen LogP contribution in [-0.2, 0) is 4.79 Å². The highest BCUT2D eigenvalue weighted by atomic mass is 16.6. The van der Waals surface area contributed by atoms with Crippen molar-refractivity contribution in [3.05, 3.63) is 22.2 Å². The van der Waals surface area contributed by atoms with Gasteiger partial charge in [-0.2, -0.15) is 0 Å². The van der Waals surface area contributed by atoms with Crippen LogP contribution in [0.3, 0.4) is 0 Å². The maximum atomic E-state index is 12.2. The zero-order chi connectivity index (χ0) is 15.6. The van der Waals surface area contributed by atoms with Gasteiger partial charge in [0.1, 0.15) is 11.9 Å². The molecule has 1 fully saturated rings. The van der Waals surface area contributed by atoms with Crippen LogP contribution in [0.25, 0.3) is 0 Å².